The Morgan fingerprint density at radius 3 is 2.35 bits per heavy atom. The molecular weight excluding hydrogens is 472 g/mol. The van der Waals surface area contributed by atoms with Crippen molar-refractivity contribution in [3.8, 4) is 0 Å². The molecule has 7 heteroatoms. The van der Waals surface area contributed by atoms with E-state index in [1.165, 1.54) is 21.0 Å². The summed E-state index contributed by atoms with van der Waals surface area (Å²) in [6.07, 6.45) is 6.31. The van der Waals surface area contributed by atoms with Gasteiger partial charge in [0, 0.05) is 31.6 Å². The SMILES string of the molecule is CC[C@H]1[C@@H](OC(C)=O)C2C3CC[C@H]([C@H](C)CC(=O)OC)[C@@]3(C)[C@@H]3O[C@@H]3C2[C@@]2(C)CC[C@@H](OC(C)=O)C[C@@H]12. The number of hydrogen-bond acceptors (Lipinski definition) is 7. The summed E-state index contributed by atoms with van der Waals surface area (Å²) in [4.78, 5) is 36.5. The fourth-order valence-electron chi connectivity index (χ4n) is 10.4. The number of carbonyl (C=O) groups excluding carboxylic acids is 3. The van der Waals surface area contributed by atoms with Crippen LogP contribution in [-0.2, 0) is 33.3 Å². The van der Waals surface area contributed by atoms with E-state index in [4.69, 9.17) is 18.9 Å². The molecule has 1 heterocycles. The summed E-state index contributed by atoms with van der Waals surface area (Å²) >= 11 is 0. The van der Waals surface area contributed by atoms with Gasteiger partial charge in [-0.1, -0.05) is 27.7 Å². The van der Waals surface area contributed by atoms with Crippen LogP contribution in [0.1, 0.15) is 86.5 Å². The van der Waals surface area contributed by atoms with E-state index in [-0.39, 0.29) is 70.9 Å². The molecule has 0 spiro atoms. The zero-order chi connectivity index (χ0) is 26.9. The molecule has 0 aromatic heterocycles. The maximum absolute atomic E-state index is 12.5. The normalized spacial score (nSPS) is 48.4. The summed E-state index contributed by atoms with van der Waals surface area (Å²) in [6, 6.07) is 0. The monoisotopic (exact) mass is 518 g/mol. The zero-order valence-corrected chi connectivity index (χ0v) is 23.7. The van der Waals surface area contributed by atoms with Crippen molar-refractivity contribution in [3.63, 3.8) is 0 Å². The Hall–Kier alpha value is -1.63. The summed E-state index contributed by atoms with van der Waals surface area (Å²) < 4.78 is 23.7. The summed E-state index contributed by atoms with van der Waals surface area (Å²) in [6.45, 7) is 12.3. The minimum atomic E-state index is -0.219. The number of carbonyl (C=O) groups is 3. The Kier molecular flexibility index (Phi) is 6.94. The van der Waals surface area contributed by atoms with Gasteiger partial charge in [0.25, 0.3) is 0 Å². The lowest BCUT2D eigenvalue weighted by Gasteiger charge is -2.63. The summed E-state index contributed by atoms with van der Waals surface area (Å²) in [5.41, 5.74) is 0.00318. The van der Waals surface area contributed by atoms with Gasteiger partial charge in [0.15, 0.2) is 0 Å². The van der Waals surface area contributed by atoms with E-state index in [0.717, 1.165) is 38.5 Å². The molecule has 37 heavy (non-hydrogen) atoms. The average Bonchev–Trinajstić information content (AvgIpc) is 3.55. The minimum absolute atomic E-state index is 0.0475. The van der Waals surface area contributed by atoms with E-state index in [2.05, 4.69) is 27.7 Å². The van der Waals surface area contributed by atoms with Gasteiger partial charge in [0.1, 0.15) is 12.2 Å². The average molecular weight is 519 g/mol. The number of fused-ring (bicyclic) bond motifs is 8. The maximum Gasteiger partial charge on any atom is 0.305 e. The van der Waals surface area contributed by atoms with Crippen LogP contribution in [0.4, 0.5) is 0 Å². The van der Waals surface area contributed by atoms with Crippen molar-refractivity contribution in [1.82, 2.24) is 0 Å². The minimum Gasteiger partial charge on any atom is -0.469 e. The lowest BCUT2D eigenvalue weighted by molar-refractivity contribution is -0.213. The van der Waals surface area contributed by atoms with Crippen LogP contribution < -0.4 is 0 Å². The van der Waals surface area contributed by atoms with Crippen molar-refractivity contribution in [2.24, 2.45) is 52.3 Å². The van der Waals surface area contributed by atoms with E-state index in [0.29, 0.717) is 30.1 Å². The fourth-order valence-corrected chi connectivity index (χ4v) is 10.4. The van der Waals surface area contributed by atoms with E-state index in [9.17, 15) is 14.4 Å². The van der Waals surface area contributed by atoms with Crippen molar-refractivity contribution in [3.05, 3.63) is 0 Å². The number of epoxide rings is 1. The van der Waals surface area contributed by atoms with Crippen LogP contribution in [0.2, 0.25) is 0 Å². The molecule has 0 bridgehead atoms. The van der Waals surface area contributed by atoms with E-state index in [1.807, 2.05) is 0 Å². The number of hydrogen-bond donors (Lipinski definition) is 0. The molecule has 0 aromatic rings. The summed E-state index contributed by atoms with van der Waals surface area (Å²) in [5.74, 6) is 1.48. The van der Waals surface area contributed by atoms with Crippen LogP contribution in [0, 0.1) is 52.3 Å². The van der Waals surface area contributed by atoms with Gasteiger partial charge in [-0.2, -0.15) is 0 Å². The number of methoxy groups -OCH3 is 1. The first-order chi connectivity index (χ1) is 17.5. The van der Waals surface area contributed by atoms with Gasteiger partial charge in [-0.15, -0.1) is 0 Å². The van der Waals surface area contributed by atoms with Crippen molar-refractivity contribution < 1.29 is 33.3 Å². The molecule has 0 radical (unpaired) electrons. The second-order valence-electron chi connectivity index (χ2n) is 13.3. The first-order valence-electron chi connectivity index (χ1n) is 14.5. The predicted octanol–water partition coefficient (Wildman–Crippen LogP) is 4.94. The van der Waals surface area contributed by atoms with E-state index in [1.54, 1.807) is 0 Å². The summed E-state index contributed by atoms with van der Waals surface area (Å²) in [7, 11) is 1.46. The predicted molar refractivity (Wildman–Crippen MR) is 136 cm³/mol. The molecule has 0 N–H and O–H groups in total. The Morgan fingerprint density at radius 1 is 1.03 bits per heavy atom. The molecule has 5 fully saturated rings. The molecule has 208 valence electrons. The number of esters is 3. The summed E-state index contributed by atoms with van der Waals surface area (Å²) in [5, 5.41) is 0. The third-order valence-corrected chi connectivity index (χ3v) is 11.7. The van der Waals surface area contributed by atoms with Crippen molar-refractivity contribution in [1.29, 1.82) is 0 Å². The largest absolute Gasteiger partial charge is 0.469 e. The van der Waals surface area contributed by atoms with Gasteiger partial charge in [0.05, 0.1) is 19.3 Å². The van der Waals surface area contributed by atoms with Gasteiger partial charge >= 0.3 is 17.9 Å². The lowest BCUT2D eigenvalue weighted by atomic mass is 9.41. The Balaban J connectivity index is 1.52. The first kappa shape index (κ1) is 27.0. The van der Waals surface area contributed by atoms with E-state index >= 15 is 0 Å². The maximum atomic E-state index is 12.5. The molecular formula is C30H46O7. The topological polar surface area (TPSA) is 91.4 Å². The van der Waals surface area contributed by atoms with E-state index < -0.39 is 0 Å². The molecule has 13 atom stereocenters. The lowest BCUT2D eigenvalue weighted by Crippen LogP contribution is -2.65. The van der Waals surface area contributed by atoms with Crippen molar-refractivity contribution in [2.45, 2.75) is 111 Å². The van der Waals surface area contributed by atoms with Gasteiger partial charge < -0.3 is 18.9 Å². The van der Waals surface area contributed by atoms with Gasteiger partial charge in [-0.25, -0.2) is 0 Å². The highest BCUT2D eigenvalue weighted by Gasteiger charge is 2.76. The van der Waals surface area contributed by atoms with Crippen molar-refractivity contribution >= 4 is 17.9 Å². The van der Waals surface area contributed by atoms with Crippen LogP contribution >= 0.6 is 0 Å². The van der Waals surface area contributed by atoms with Crippen molar-refractivity contribution in [2.75, 3.05) is 7.11 Å². The molecule has 4 saturated carbocycles. The van der Waals surface area contributed by atoms with Crippen LogP contribution in [0.5, 0.6) is 0 Å². The second-order valence-corrected chi connectivity index (χ2v) is 13.3. The van der Waals surface area contributed by atoms with Crippen LogP contribution in [-0.4, -0.2) is 49.4 Å². The molecule has 4 aliphatic carbocycles. The highest BCUT2D eigenvalue weighted by molar-refractivity contribution is 5.69. The third-order valence-electron chi connectivity index (χ3n) is 11.7. The second kappa shape index (κ2) is 9.53. The van der Waals surface area contributed by atoms with Crippen LogP contribution in [0.25, 0.3) is 0 Å². The molecule has 7 nitrogen and oxygen atoms in total. The van der Waals surface area contributed by atoms with Gasteiger partial charge in [-0.05, 0) is 79.4 Å². The molecule has 0 aromatic carbocycles. The Bertz CT molecular complexity index is 933. The number of rotatable bonds is 6. The zero-order valence-electron chi connectivity index (χ0n) is 23.7. The Morgan fingerprint density at radius 2 is 1.73 bits per heavy atom. The fraction of sp³-hybridized carbons (Fsp3) is 0.900. The Labute approximate surface area is 221 Å². The highest BCUT2D eigenvalue weighted by Crippen LogP contribution is 2.74. The molecule has 5 rings (SSSR count). The highest BCUT2D eigenvalue weighted by atomic mass is 16.6. The van der Waals surface area contributed by atoms with Gasteiger partial charge in [-0.3, -0.25) is 14.4 Å². The molecule has 5 aliphatic rings. The smallest absolute Gasteiger partial charge is 0.305 e. The first-order valence-corrected chi connectivity index (χ1v) is 14.5. The van der Waals surface area contributed by atoms with Gasteiger partial charge in [0.2, 0.25) is 0 Å². The molecule has 1 saturated heterocycles. The number of ether oxygens (including phenoxy) is 4. The molecule has 0 amide bonds. The molecule has 3 unspecified atom stereocenters. The van der Waals surface area contributed by atoms with Crippen LogP contribution in [0.15, 0.2) is 0 Å². The third kappa shape index (κ3) is 4.13. The quantitative estimate of drug-likeness (QED) is 0.279. The molecule has 1 aliphatic heterocycles. The van der Waals surface area contributed by atoms with Crippen LogP contribution in [0.3, 0.4) is 0 Å². The standard InChI is InChI=1S/C30H46O7/c1-8-19-22-14-18(35-16(3)31)11-12-29(22,5)25-24(26(19)36-17(4)32)21-10-9-20(15(2)13-23(33)34-7)30(21,6)28-27(25)37-28/h15,18-22,24-28H,8-14H2,1-7H3/t15-,18-,19-,20-,21?,22+,24?,25?,26-,27-,28-,29+,30-/m1/s1.